The standard InChI is InChI=1S/C30H28BrN5O5/c1-17(32-3)28(38)33-24-16-35(29(39)20-10-8-19(9-11-20)18(2)37)25-6-4-5-7-26(25)36(30(24)40)15-23-22-13-12-21(31)14-27(22)41-34-23/h4-14,17,24,32H,15-16H2,1-3H3,(H,33,38). The quantitative estimate of drug-likeness (QED) is 0.299. The zero-order valence-electron chi connectivity index (χ0n) is 22.7. The van der Waals surface area contributed by atoms with Crippen molar-refractivity contribution in [1.82, 2.24) is 15.8 Å². The van der Waals surface area contributed by atoms with Crippen molar-refractivity contribution in [3.63, 3.8) is 0 Å². The Bertz CT molecular complexity index is 1650. The summed E-state index contributed by atoms with van der Waals surface area (Å²) in [6, 6.07) is 17.3. The maximum atomic E-state index is 14.1. The van der Waals surface area contributed by atoms with Crippen LogP contribution in [-0.4, -0.2) is 54.3 Å². The van der Waals surface area contributed by atoms with Gasteiger partial charge < -0.3 is 25.0 Å². The van der Waals surface area contributed by atoms with Gasteiger partial charge in [-0.1, -0.05) is 45.4 Å². The predicted molar refractivity (Wildman–Crippen MR) is 158 cm³/mol. The molecule has 1 aliphatic heterocycles. The largest absolute Gasteiger partial charge is 0.356 e. The van der Waals surface area contributed by atoms with Gasteiger partial charge in [-0.3, -0.25) is 19.2 Å². The van der Waals surface area contributed by atoms with Crippen LogP contribution in [0.25, 0.3) is 11.0 Å². The average molecular weight is 618 g/mol. The summed E-state index contributed by atoms with van der Waals surface area (Å²) in [6.45, 7) is 3.09. The van der Waals surface area contributed by atoms with Crippen molar-refractivity contribution in [1.29, 1.82) is 0 Å². The Labute approximate surface area is 244 Å². The molecule has 10 nitrogen and oxygen atoms in total. The summed E-state index contributed by atoms with van der Waals surface area (Å²) in [7, 11) is 1.65. The van der Waals surface area contributed by atoms with Crippen LogP contribution in [0, 0.1) is 0 Å². The Kier molecular flexibility index (Phi) is 8.00. The number of Topliss-reactive ketones (excluding diaryl/α,β-unsaturated/α-hetero) is 1. The van der Waals surface area contributed by atoms with Crippen LogP contribution in [0.2, 0.25) is 0 Å². The van der Waals surface area contributed by atoms with E-state index in [1.807, 2.05) is 12.1 Å². The molecule has 0 fully saturated rings. The molecule has 2 atom stereocenters. The summed E-state index contributed by atoms with van der Waals surface area (Å²) in [5.74, 6) is -1.27. The number of rotatable bonds is 7. The number of ketones is 1. The molecule has 0 spiro atoms. The van der Waals surface area contributed by atoms with Gasteiger partial charge in [0.25, 0.3) is 11.8 Å². The van der Waals surface area contributed by atoms with E-state index in [1.165, 1.54) is 16.7 Å². The molecular weight excluding hydrogens is 590 g/mol. The zero-order valence-corrected chi connectivity index (χ0v) is 24.3. The van der Waals surface area contributed by atoms with Gasteiger partial charge in [0.15, 0.2) is 11.4 Å². The van der Waals surface area contributed by atoms with Gasteiger partial charge in [0, 0.05) is 21.0 Å². The number of benzene rings is 3. The number of halogens is 1. The van der Waals surface area contributed by atoms with Crippen molar-refractivity contribution in [2.75, 3.05) is 23.4 Å². The van der Waals surface area contributed by atoms with Gasteiger partial charge in [0.05, 0.1) is 30.5 Å². The van der Waals surface area contributed by atoms with Crippen LogP contribution in [0.3, 0.4) is 0 Å². The van der Waals surface area contributed by atoms with Crippen LogP contribution in [0.4, 0.5) is 11.4 Å². The lowest BCUT2D eigenvalue weighted by molar-refractivity contribution is -0.128. The summed E-state index contributed by atoms with van der Waals surface area (Å²) < 4.78 is 6.35. The molecule has 3 aromatic carbocycles. The number of likely N-dealkylation sites (N-methyl/N-ethyl adjacent to an activating group) is 1. The van der Waals surface area contributed by atoms with E-state index in [0.717, 1.165) is 9.86 Å². The van der Waals surface area contributed by atoms with Crippen LogP contribution in [0.15, 0.2) is 75.7 Å². The zero-order chi connectivity index (χ0) is 29.3. The van der Waals surface area contributed by atoms with E-state index in [0.29, 0.717) is 33.8 Å². The first-order valence-electron chi connectivity index (χ1n) is 13.0. The van der Waals surface area contributed by atoms with Gasteiger partial charge in [-0.2, -0.15) is 0 Å². The molecule has 0 bridgehead atoms. The second kappa shape index (κ2) is 11.6. The van der Waals surface area contributed by atoms with Crippen molar-refractivity contribution in [2.24, 2.45) is 0 Å². The molecule has 1 aliphatic rings. The third-order valence-electron chi connectivity index (χ3n) is 7.14. The lowest BCUT2D eigenvalue weighted by atomic mass is 10.1. The monoisotopic (exact) mass is 617 g/mol. The Morgan fingerprint density at radius 3 is 2.41 bits per heavy atom. The second-order valence-electron chi connectivity index (χ2n) is 9.80. The fourth-order valence-corrected chi connectivity index (χ4v) is 5.05. The molecule has 0 radical (unpaired) electrons. The number of fused-ring (bicyclic) bond motifs is 2. The SMILES string of the molecule is CNC(C)C(=O)NC1CN(C(=O)c2ccc(C(C)=O)cc2)c2ccccc2N(Cc2noc3cc(Br)ccc23)C1=O. The minimum atomic E-state index is -1.06. The highest BCUT2D eigenvalue weighted by Crippen LogP contribution is 2.36. The van der Waals surface area contributed by atoms with Crippen molar-refractivity contribution >= 4 is 61.8 Å². The molecule has 3 amide bonds. The maximum absolute atomic E-state index is 14.1. The molecule has 0 saturated heterocycles. The fraction of sp³-hybridized carbons (Fsp3) is 0.233. The number of para-hydroxylation sites is 2. The molecular formula is C30H28BrN5O5. The van der Waals surface area contributed by atoms with Gasteiger partial charge in [-0.25, -0.2) is 0 Å². The van der Waals surface area contributed by atoms with Crippen LogP contribution < -0.4 is 20.4 Å². The molecule has 41 heavy (non-hydrogen) atoms. The van der Waals surface area contributed by atoms with E-state index < -0.39 is 18.0 Å². The number of carbonyl (C=O) groups is 4. The topological polar surface area (TPSA) is 125 Å². The minimum Gasteiger partial charge on any atom is -0.356 e. The van der Waals surface area contributed by atoms with Crippen molar-refractivity contribution in [2.45, 2.75) is 32.5 Å². The number of nitrogens with zero attached hydrogens (tertiary/aromatic N) is 3. The molecule has 5 rings (SSSR count). The normalized spacial score (nSPS) is 15.8. The fourth-order valence-electron chi connectivity index (χ4n) is 4.71. The summed E-state index contributed by atoms with van der Waals surface area (Å²) in [4.78, 5) is 55.8. The number of hydrogen-bond donors (Lipinski definition) is 2. The number of nitrogens with one attached hydrogen (secondary N) is 2. The van der Waals surface area contributed by atoms with Gasteiger partial charge in [0.2, 0.25) is 5.91 Å². The Morgan fingerprint density at radius 1 is 1.05 bits per heavy atom. The first-order valence-corrected chi connectivity index (χ1v) is 13.8. The van der Waals surface area contributed by atoms with Crippen LogP contribution in [0.1, 0.15) is 40.3 Å². The number of hydrogen-bond acceptors (Lipinski definition) is 7. The Hall–Kier alpha value is -4.35. The van der Waals surface area contributed by atoms with Crippen molar-refractivity contribution < 1.29 is 23.7 Å². The van der Waals surface area contributed by atoms with Gasteiger partial charge in [-0.15, -0.1) is 0 Å². The third kappa shape index (κ3) is 5.63. The third-order valence-corrected chi connectivity index (χ3v) is 7.63. The molecule has 1 aromatic heterocycles. The summed E-state index contributed by atoms with van der Waals surface area (Å²) in [5, 5.41) is 10.7. The molecule has 11 heteroatoms. The maximum Gasteiger partial charge on any atom is 0.258 e. The minimum absolute atomic E-state index is 0.0494. The lowest BCUT2D eigenvalue weighted by Crippen LogP contribution is -2.55. The van der Waals surface area contributed by atoms with Crippen LogP contribution >= 0.6 is 15.9 Å². The molecule has 2 unspecified atom stereocenters. The smallest absolute Gasteiger partial charge is 0.258 e. The predicted octanol–water partition coefficient (Wildman–Crippen LogP) is 4.08. The number of aromatic nitrogens is 1. The van der Waals surface area contributed by atoms with Gasteiger partial charge in [0.1, 0.15) is 11.7 Å². The first-order chi connectivity index (χ1) is 19.7. The van der Waals surface area contributed by atoms with Gasteiger partial charge in [-0.05, 0) is 63.4 Å². The highest BCUT2D eigenvalue weighted by molar-refractivity contribution is 9.10. The second-order valence-corrected chi connectivity index (χ2v) is 10.7. The summed E-state index contributed by atoms with van der Waals surface area (Å²) >= 11 is 3.43. The molecule has 0 aliphatic carbocycles. The van der Waals surface area contributed by atoms with Crippen LogP contribution in [0.5, 0.6) is 0 Å². The van der Waals surface area contributed by atoms with Crippen molar-refractivity contribution in [3.8, 4) is 0 Å². The van der Waals surface area contributed by atoms with Crippen LogP contribution in [-0.2, 0) is 16.1 Å². The van der Waals surface area contributed by atoms with E-state index in [-0.39, 0.29) is 30.7 Å². The highest BCUT2D eigenvalue weighted by atomic mass is 79.9. The van der Waals surface area contributed by atoms with E-state index in [9.17, 15) is 19.2 Å². The van der Waals surface area contributed by atoms with Gasteiger partial charge >= 0.3 is 0 Å². The average Bonchev–Trinajstić information content (AvgIpc) is 3.33. The molecule has 210 valence electrons. The summed E-state index contributed by atoms with van der Waals surface area (Å²) in [6.07, 6.45) is 0. The molecule has 2 heterocycles. The molecule has 2 N–H and O–H groups in total. The Balaban J connectivity index is 1.59. The van der Waals surface area contributed by atoms with Crippen molar-refractivity contribution in [3.05, 3.63) is 88.0 Å². The number of amides is 3. The first kappa shape index (κ1) is 28.2. The summed E-state index contributed by atoms with van der Waals surface area (Å²) in [5.41, 5.74) is 2.89. The van der Waals surface area contributed by atoms with E-state index >= 15 is 0 Å². The number of anilines is 2. The van der Waals surface area contributed by atoms with E-state index in [1.54, 1.807) is 68.6 Å². The molecule has 0 saturated carbocycles. The lowest BCUT2D eigenvalue weighted by Gasteiger charge is -2.26. The van der Waals surface area contributed by atoms with E-state index in [2.05, 4.69) is 31.7 Å². The van der Waals surface area contributed by atoms with E-state index in [4.69, 9.17) is 4.52 Å². The highest BCUT2D eigenvalue weighted by Gasteiger charge is 2.38. The Morgan fingerprint density at radius 2 is 1.73 bits per heavy atom. The number of carbonyl (C=O) groups excluding carboxylic acids is 4. The molecule has 4 aromatic rings.